The van der Waals surface area contributed by atoms with Crippen LogP contribution in [0.15, 0.2) is 43.8 Å². The molecule has 8 heteroatoms. The molecule has 104 valence electrons. The SMILES string of the molecule is Cn1nc(Sc2cccc(C(=O)O)c2)c(=O)n(C)c1=O. The minimum atomic E-state index is -1.05. The van der Waals surface area contributed by atoms with E-state index in [1.807, 2.05) is 0 Å². The van der Waals surface area contributed by atoms with Gasteiger partial charge in [0, 0.05) is 19.0 Å². The van der Waals surface area contributed by atoms with Gasteiger partial charge in [0.15, 0.2) is 5.03 Å². The second-order valence-electron chi connectivity index (χ2n) is 4.01. The highest BCUT2D eigenvalue weighted by atomic mass is 32.2. The Morgan fingerprint density at radius 3 is 2.65 bits per heavy atom. The minimum absolute atomic E-state index is 0.108. The molecule has 2 aromatic rings. The first kappa shape index (κ1) is 14.1. The molecule has 0 spiro atoms. The number of carboxylic acids is 1. The van der Waals surface area contributed by atoms with E-state index in [2.05, 4.69) is 5.10 Å². The zero-order valence-electron chi connectivity index (χ0n) is 10.7. The number of nitrogens with zero attached hydrogens (tertiary/aromatic N) is 3. The predicted octanol–water partition coefficient (Wildman–Crippen LogP) is 0.328. The quantitative estimate of drug-likeness (QED) is 0.876. The molecule has 0 aliphatic heterocycles. The topological polar surface area (TPSA) is 94.2 Å². The molecule has 0 unspecified atom stereocenters. The zero-order valence-corrected chi connectivity index (χ0v) is 11.5. The molecule has 0 aliphatic rings. The van der Waals surface area contributed by atoms with Crippen molar-refractivity contribution in [3.05, 3.63) is 50.7 Å². The molecule has 0 amide bonds. The van der Waals surface area contributed by atoms with Gasteiger partial charge in [0.2, 0.25) is 0 Å². The van der Waals surface area contributed by atoms with Crippen molar-refractivity contribution < 1.29 is 9.90 Å². The molecule has 20 heavy (non-hydrogen) atoms. The maximum Gasteiger partial charge on any atom is 0.346 e. The Morgan fingerprint density at radius 2 is 2.00 bits per heavy atom. The summed E-state index contributed by atoms with van der Waals surface area (Å²) in [6, 6.07) is 6.15. The fourth-order valence-electron chi connectivity index (χ4n) is 1.54. The molecular formula is C12H11N3O4S. The summed E-state index contributed by atoms with van der Waals surface area (Å²) in [5.74, 6) is -1.05. The Bertz CT molecular complexity index is 794. The highest BCUT2D eigenvalue weighted by Crippen LogP contribution is 2.23. The molecule has 0 saturated carbocycles. The number of hydrogen-bond donors (Lipinski definition) is 1. The van der Waals surface area contributed by atoms with Crippen molar-refractivity contribution in [3.8, 4) is 0 Å². The lowest BCUT2D eigenvalue weighted by Crippen LogP contribution is -2.39. The van der Waals surface area contributed by atoms with E-state index in [0.29, 0.717) is 4.90 Å². The largest absolute Gasteiger partial charge is 0.478 e. The van der Waals surface area contributed by atoms with E-state index < -0.39 is 17.2 Å². The van der Waals surface area contributed by atoms with Crippen molar-refractivity contribution in [2.24, 2.45) is 14.1 Å². The van der Waals surface area contributed by atoms with E-state index in [-0.39, 0.29) is 10.6 Å². The first-order chi connectivity index (χ1) is 9.40. The van der Waals surface area contributed by atoms with Crippen LogP contribution >= 0.6 is 11.8 Å². The molecule has 0 fully saturated rings. The number of hydrogen-bond acceptors (Lipinski definition) is 5. The number of rotatable bonds is 3. The smallest absolute Gasteiger partial charge is 0.346 e. The van der Waals surface area contributed by atoms with Crippen molar-refractivity contribution in [2.75, 3.05) is 0 Å². The summed E-state index contributed by atoms with van der Waals surface area (Å²) in [4.78, 5) is 34.9. The average Bonchev–Trinajstić information content (AvgIpc) is 2.42. The summed E-state index contributed by atoms with van der Waals surface area (Å²) in [6.07, 6.45) is 0. The Morgan fingerprint density at radius 1 is 1.30 bits per heavy atom. The lowest BCUT2D eigenvalue weighted by Gasteiger charge is -2.05. The minimum Gasteiger partial charge on any atom is -0.478 e. The molecule has 0 radical (unpaired) electrons. The van der Waals surface area contributed by atoms with Crippen LogP contribution in [0.25, 0.3) is 0 Å². The summed E-state index contributed by atoms with van der Waals surface area (Å²) < 4.78 is 2.02. The van der Waals surface area contributed by atoms with Crippen LogP contribution in [-0.2, 0) is 14.1 Å². The number of aryl methyl sites for hydroxylation is 1. The molecule has 0 atom stereocenters. The van der Waals surface area contributed by atoms with Crippen LogP contribution in [0.5, 0.6) is 0 Å². The highest BCUT2D eigenvalue weighted by molar-refractivity contribution is 7.99. The van der Waals surface area contributed by atoms with Gasteiger partial charge >= 0.3 is 11.7 Å². The van der Waals surface area contributed by atoms with Crippen molar-refractivity contribution >= 4 is 17.7 Å². The van der Waals surface area contributed by atoms with E-state index in [0.717, 1.165) is 21.0 Å². The molecule has 2 rings (SSSR count). The second kappa shape index (κ2) is 5.33. The standard InChI is InChI=1S/C12H11N3O4S/c1-14-10(16)9(13-15(2)12(14)19)20-8-5-3-4-7(6-8)11(17)18/h3-6H,1-2H3,(H,17,18). The highest BCUT2D eigenvalue weighted by Gasteiger charge is 2.11. The molecule has 0 bridgehead atoms. The number of carboxylic acid groups (broad SMARTS) is 1. The Labute approximate surface area is 117 Å². The van der Waals surface area contributed by atoms with E-state index in [9.17, 15) is 14.4 Å². The number of carbonyl (C=O) groups is 1. The van der Waals surface area contributed by atoms with Crippen LogP contribution in [0.1, 0.15) is 10.4 Å². The van der Waals surface area contributed by atoms with Gasteiger partial charge in [0.1, 0.15) is 0 Å². The van der Waals surface area contributed by atoms with Gasteiger partial charge in [-0.3, -0.25) is 9.36 Å². The Kier molecular flexibility index (Phi) is 3.75. The third kappa shape index (κ3) is 2.64. The van der Waals surface area contributed by atoms with Gasteiger partial charge in [0.05, 0.1) is 5.56 Å². The summed E-state index contributed by atoms with van der Waals surface area (Å²) in [6.45, 7) is 0. The van der Waals surface area contributed by atoms with Crippen LogP contribution in [-0.4, -0.2) is 25.4 Å². The van der Waals surface area contributed by atoms with Gasteiger partial charge in [-0.25, -0.2) is 14.3 Å². The maximum atomic E-state index is 11.9. The van der Waals surface area contributed by atoms with Gasteiger partial charge in [0.25, 0.3) is 5.56 Å². The van der Waals surface area contributed by atoms with E-state index in [1.165, 1.54) is 26.2 Å². The van der Waals surface area contributed by atoms with Gasteiger partial charge in [-0.15, -0.1) is 0 Å². The van der Waals surface area contributed by atoms with E-state index in [4.69, 9.17) is 5.11 Å². The van der Waals surface area contributed by atoms with Crippen molar-refractivity contribution in [2.45, 2.75) is 9.92 Å². The molecule has 1 aromatic heterocycles. The van der Waals surface area contributed by atoms with Gasteiger partial charge in [-0.1, -0.05) is 17.8 Å². The van der Waals surface area contributed by atoms with Gasteiger partial charge < -0.3 is 5.11 Å². The maximum absolute atomic E-state index is 11.9. The summed E-state index contributed by atoms with van der Waals surface area (Å²) in [5.41, 5.74) is -0.908. The van der Waals surface area contributed by atoms with Crippen molar-refractivity contribution in [3.63, 3.8) is 0 Å². The summed E-state index contributed by atoms with van der Waals surface area (Å²) in [5, 5.41) is 12.9. The number of benzene rings is 1. The summed E-state index contributed by atoms with van der Waals surface area (Å²) >= 11 is 1.02. The molecule has 1 aromatic carbocycles. The molecule has 7 nitrogen and oxygen atoms in total. The third-order valence-corrected chi connectivity index (χ3v) is 3.53. The van der Waals surface area contributed by atoms with Crippen LogP contribution in [0, 0.1) is 0 Å². The molecule has 1 N–H and O–H groups in total. The van der Waals surface area contributed by atoms with Crippen molar-refractivity contribution in [1.29, 1.82) is 0 Å². The van der Waals surface area contributed by atoms with Gasteiger partial charge in [-0.2, -0.15) is 5.10 Å². The summed E-state index contributed by atoms with van der Waals surface area (Å²) in [7, 11) is 2.81. The van der Waals surface area contributed by atoms with E-state index in [1.54, 1.807) is 12.1 Å². The van der Waals surface area contributed by atoms with Crippen LogP contribution in [0.3, 0.4) is 0 Å². The fourth-order valence-corrected chi connectivity index (χ4v) is 2.48. The normalized spacial score (nSPS) is 10.5. The van der Waals surface area contributed by atoms with Gasteiger partial charge in [-0.05, 0) is 18.2 Å². The number of aromatic carboxylic acids is 1. The monoisotopic (exact) mass is 293 g/mol. The lowest BCUT2D eigenvalue weighted by atomic mass is 10.2. The van der Waals surface area contributed by atoms with Crippen LogP contribution < -0.4 is 11.2 Å². The third-order valence-electron chi connectivity index (χ3n) is 2.59. The first-order valence-electron chi connectivity index (χ1n) is 5.55. The van der Waals surface area contributed by atoms with Crippen molar-refractivity contribution in [1.82, 2.24) is 14.3 Å². The van der Waals surface area contributed by atoms with Crippen LogP contribution in [0.2, 0.25) is 0 Å². The molecule has 0 aliphatic carbocycles. The van der Waals surface area contributed by atoms with E-state index >= 15 is 0 Å². The zero-order chi connectivity index (χ0) is 14.9. The van der Waals surface area contributed by atoms with Crippen LogP contribution in [0.4, 0.5) is 0 Å². The first-order valence-corrected chi connectivity index (χ1v) is 6.37. The Hall–Kier alpha value is -2.35. The molecule has 1 heterocycles. The lowest BCUT2D eigenvalue weighted by molar-refractivity contribution is 0.0696. The molecular weight excluding hydrogens is 282 g/mol. The Balaban J connectivity index is 2.46. The average molecular weight is 293 g/mol. The predicted molar refractivity (Wildman–Crippen MR) is 72.2 cm³/mol. The fraction of sp³-hybridized carbons (Fsp3) is 0.167. The number of aromatic nitrogens is 3. The second-order valence-corrected chi connectivity index (χ2v) is 5.07. The molecule has 0 saturated heterocycles.